The van der Waals surface area contributed by atoms with Gasteiger partial charge in [-0.1, -0.05) is 12.7 Å². The second kappa shape index (κ2) is 7.45. The Hall–Kier alpha value is -0.840. The molecule has 2 saturated heterocycles. The highest BCUT2D eigenvalue weighted by Crippen LogP contribution is 2.08. The van der Waals surface area contributed by atoms with Gasteiger partial charge in [0.25, 0.3) is 0 Å². The van der Waals surface area contributed by atoms with Crippen LogP contribution in [0.4, 0.5) is 0 Å². The largest absolute Gasteiger partial charge is 0.499 e. The highest BCUT2D eigenvalue weighted by atomic mass is 16.6. The third-order valence-electron chi connectivity index (χ3n) is 1.74. The van der Waals surface area contributed by atoms with Crippen LogP contribution in [0.15, 0.2) is 25.5 Å². The maximum Gasteiger partial charge on any atom is 0.116 e. The van der Waals surface area contributed by atoms with Crippen LogP contribution in [0, 0.1) is 0 Å². The number of ether oxygens (including phenoxy) is 4. The monoisotopic (exact) mass is 214 g/mol. The molecule has 2 fully saturated rings. The molecule has 2 aliphatic rings. The van der Waals surface area contributed by atoms with Gasteiger partial charge in [0.05, 0.1) is 32.7 Å². The van der Waals surface area contributed by atoms with Gasteiger partial charge >= 0.3 is 0 Å². The topological polar surface area (TPSA) is 43.5 Å². The van der Waals surface area contributed by atoms with E-state index in [1.165, 1.54) is 6.26 Å². The van der Waals surface area contributed by atoms with Crippen LogP contribution < -0.4 is 0 Å². The summed E-state index contributed by atoms with van der Waals surface area (Å²) in [5, 5.41) is 0. The molecule has 2 atom stereocenters. The van der Waals surface area contributed by atoms with Crippen molar-refractivity contribution in [3.05, 3.63) is 25.5 Å². The van der Waals surface area contributed by atoms with Crippen LogP contribution in [0.3, 0.4) is 0 Å². The van der Waals surface area contributed by atoms with E-state index in [0.29, 0.717) is 25.4 Å². The van der Waals surface area contributed by atoms with Crippen molar-refractivity contribution in [3.63, 3.8) is 0 Å². The van der Waals surface area contributed by atoms with Gasteiger partial charge in [-0.05, 0) is 0 Å². The first-order valence-corrected chi connectivity index (χ1v) is 5.01. The molecule has 4 heteroatoms. The predicted octanol–water partition coefficient (Wildman–Crippen LogP) is 1.13. The first-order chi connectivity index (χ1) is 7.36. The fourth-order valence-corrected chi connectivity index (χ4v) is 0.787. The molecule has 4 nitrogen and oxygen atoms in total. The van der Waals surface area contributed by atoms with Crippen LogP contribution in [0.2, 0.25) is 0 Å². The minimum atomic E-state index is 0.359. The van der Waals surface area contributed by atoms with Crippen LogP contribution in [0.25, 0.3) is 0 Å². The Bertz CT molecular complexity index is 185. The van der Waals surface area contributed by atoms with Crippen molar-refractivity contribution in [1.29, 1.82) is 0 Å². The summed E-state index contributed by atoms with van der Waals surface area (Å²) in [6.07, 6.45) is 3.91. The van der Waals surface area contributed by atoms with Gasteiger partial charge in [-0.3, -0.25) is 0 Å². The van der Waals surface area contributed by atoms with Crippen molar-refractivity contribution in [2.45, 2.75) is 12.2 Å². The zero-order valence-corrected chi connectivity index (χ0v) is 8.89. The Balaban J connectivity index is 0.000000151. The fraction of sp³-hybridized carbons (Fsp3) is 0.636. The van der Waals surface area contributed by atoms with E-state index in [9.17, 15) is 0 Å². The summed E-state index contributed by atoms with van der Waals surface area (Å²) in [6.45, 7) is 10.7. The SMILES string of the molecule is C=CCOCC1CO1.C=COCC1CO1. The van der Waals surface area contributed by atoms with Crippen molar-refractivity contribution in [2.75, 3.05) is 33.0 Å². The van der Waals surface area contributed by atoms with Crippen molar-refractivity contribution >= 4 is 0 Å². The molecular weight excluding hydrogens is 196 g/mol. The van der Waals surface area contributed by atoms with E-state index in [1.54, 1.807) is 6.08 Å². The van der Waals surface area contributed by atoms with E-state index in [4.69, 9.17) is 18.9 Å². The molecule has 0 aliphatic carbocycles. The smallest absolute Gasteiger partial charge is 0.116 e. The molecular formula is C11H18O4. The summed E-state index contributed by atoms with van der Waals surface area (Å²) < 4.78 is 19.6. The minimum absolute atomic E-state index is 0.359. The normalized spacial score (nSPS) is 25.9. The quantitative estimate of drug-likeness (QED) is 0.276. The Morgan fingerprint density at radius 3 is 2.20 bits per heavy atom. The first-order valence-electron chi connectivity index (χ1n) is 5.01. The maximum absolute atomic E-state index is 5.06. The average Bonchev–Trinajstić information content (AvgIpc) is 3.11. The number of hydrogen-bond donors (Lipinski definition) is 0. The predicted molar refractivity (Wildman–Crippen MR) is 56.6 cm³/mol. The molecule has 2 heterocycles. The number of epoxide rings is 2. The molecule has 0 bridgehead atoms. The van der Waals surface area contributed by atoms with E-state index in [-0.39, 0.29) is 0 Å². The lowest BCUT2D eigenvalue weighted by atomic mass is 10.5. The molecule has 2 unspecified atom stereocenters. The molecule has 0 N–H and O–H groups in total. The second-order valence-corrected chi connectivity index (χ2v) is 3.24. The molecule has 2 rings (SSSR count). The third kappa shape index (κ3) is 8.17. The summed E-state index contributed by atoms with van der Waals surface area (Å²) in [7, 11) is 0. The van der Waals surface area contributed by atoms with Crippen LogP contribution in [0.5, 0.6) is 0 Å². The van der Waals surface area contributed by atoms with E-state index in [0.717, 1.165) is 19.8 Å². The van der Waals surface area contributed by atoms with Crippen molar-refractivity contribution < 1.29 is 18.9 Å². The lowest BCUT2D eigenvalue weighted by molar-refractivity contribution is 0.141. The Kier molecular flexibility index (Phi) is 6.08. The summed E-state index contributed by atoms with van der Waals surface area (Å²) in [5.41, 5.74) is 0. The lowest BCUT2D eigenvalue weighted by Crippen LogP contribution is -2.00. The van der Waals surface area contributed by atoms with E-state index >= 15 is 0 Å². The zero-order chi connectivity index (χ0) is 10.9. The Morgan fingerprint density at radius 1 is 1.13 bits per heavy atom. The molecule has 0 aromatic rings. The summed E-state index contributed by atoms with van der Waals surface area (Å²) in [4.78, 5) is 0. The lowest BCUT2D eigenvalue weighted by Gasteiger charge is -1.92. The van der Waals surface area contributed by atoms with Gasteiger partial charge < -0.3 is 18.9 Å². The van der Waals surface area contributed by atoms with Gasteiger partial charge in [0, 0.05) is 0 Å². The Labute approximate surface area is 90.5 Å². The molecule has 0 aromatic heterocycles. The van der Waals surface area contributed by atoms with Gasteiger partial charge in [-0.25, -0.2) is 0 Å². The molecule has 15 heavy (non-hydrogen) atoms. The zero-order valence-electron chi connectivity index (χ0n) is 8.89. The van der Waals surface area contributed by atoms with Crippen LogP contribution >= 0.6 is 0 Å². The molecule has 0 saturated carbocycles. The maximum atomic E-state index is 5.06. The Morgan fingerprint density at radius 2 is 1.73 bits per heavy atom. The average molecular weight is 214 g/mol. The van der Waals surface area contributed by atoms with Crippen LogP contribution in [0.1, 0.15) is 0 Å². The molecule has 0 radical (unpaired) electrons. The number of hydrogen-bond acceptors (Lipinski definition) is 4. The highest BCUT2D eigenvalue weighted by Gasteiger charge is 2.22. The highest BCUT2D eigenvalue weighted by molar-refractivity contribution is 4.70. The summed E-state index contributed by atoms with van der Waals surface area (Å²) >= 11 is 0. The standard InChI is InChI=1S/C6H10O2.C5H8O2/c1-2-3-7-4-6-5-8-6;1-2-6-3-5-4-7-5/h2,6H,1,3-5H2;2,5H,1,3-4H2. The molecule has 86 valence electrons. The molecule has 0 amide bonds. The summed E-state index contributed by atoms with van der Waals surface area (Å²) in [6, 6.07) is 0. The van der Waals surface area contributed by atoms with Gasteiger partial charge in [-0.2, -0.15) is 0 Å². The van der Waals surface area contributed by atoms with Crippen molar-refractivity contribution in [3.8, 4) is 0 Å². The first kappa shape index (κ1) is 12.2. The van der Waals surface area contributed by atoms with Crippen molar-refractivity contribution in [1.82, 2.24) is 0 Å². The molecule has 0 spiro atoms. The number of rotatable bonds is 7. The molecule has 2 aliphatic heterocycles. The van der Waals surface area contributed by atoms with E-state index in [2.05, 4.69) is 13.2 Å². The molecule has 0 aromatic carbocycles. The fourth-order valence-electron chi connectivity index (χ4n) is 0.787. The van der Waals surface area contributed by atoms with Gasteiger partial charge in [0.1, 0.15) is 18.8 Å². The van der Waals surface area contributed by atoms with Crippen LogP contribution in [-0.4, -0.2) is 45.2 Å². The van der Waals surface area contributed by atoms with Crippen LogP contribution in [-0.2, 0) is 18.9 Å². The van der Waals surface area contributed by atoms with Crippen molar-refractivity contribution in [2.24, 2.45) is 0 Å². The van der Waals surface area contributed by atoms with Gasteiger partial charge in [0.15, 0.2) is 0 Å². The minimum Gasteiger partial charge on any atom is -0.499 e. The third-order valence-corrected chi connectivity index (χ3v) is 1.74. The van der Waals surface area contributed by atoms with E-state index in [1.807, 2.05) is 0 Å². The van der Waals surface area contributed by atoms with Gasteiger partial charge in [0.2, 0.25) is 0 Å². The van der Waals surface area contributed by atoms with E-state index < -0.39 is 0 Å². The second-order valence-electron chi connectivity index (χ2n) is 3.24. The summed E-state index contributed by atoms with van der Waals surface area (Å²) in [5.74, 6) is 0. The van der Waals surface area contributed by atoms with Gasteiger partial charge in [-0.15, -0.1) is 6.58 Å².